The van der Waals surface area contributed by atoms with Gasteiger partial charge in [0, 0.05) is 11.9 Å². The van der Waals surface area contributed by atoms with Crippen molar-refractivity contribution in [1.82, 2.24) is 4.72 Å². The lowest BCUT2D eigenvalue weighted by Gasteiger charge is -2.13. The van der Waals surface area contributed by atoms with Crippen molar-refractivity contribution in [2.75, 3.05) is 13.0 Å². The normalized spacial score (nSPS) is 13.3. The van der Waals surface area contributed by atoms with E-state index in [2.05, 4.69) is 4.72 Å². The molecule has 18 heavy (non-hydrogen) atoms. The Morgan fingerprint density at radius 2 is 1.94 bits per heavy atom. The maximum absolute atomic E-state index is 12.0. The zero-order chi connectivity index (χ0) is 13.6. The summed E-state index contributed by atoms with van der Waals surface area (Å²) < 4.78 is 31.6. The lowest BCUT2D eigenvalue weighted by molar-refractivity contribution is 0.414. The van der Waals surface area contributed by atoms with Gasteiger partial charge in [0.25, 0.3) is 0 Å². The first kappa shape index (κ1) is 15.3. The van der Waals surface area contributed by atoms with Crippen LogP contribution in [0.25, 0.3) is 0 Å². The maximum Gasteiger partial charge on any atom is 0.240 e. The molecule has 0 amide bonds. The highest BCUT2D eigenvalue weighted by molar-refractivity contribution is 7.89. The second-order valence-electron chi connectivity index (χ2n) is 4.03. The van der Waals surface area contributed by atoms with Gasteiger partial charge >= 0.3 is 0 Å². The van der Waals surface area contributed by atoms with Crippen molar-refractivity contribution in [3.63, 3.8) is 0 Å². The predicted octanol–water partition coefficient (Wildman–Crippen LogP) is 2.38. The molecule has 0 saturated carbocycles. The van der Waals surface area contributed by atoms with E-state index in [-0.39, 0.29) is 10.9 Å². The van der Waals surface area contributed by atoms with Crippen LogP contribution in [-0.2, 0) is 10.0 Å². The van der Waals surface area contributed by atoms with Gasteiger partial charge in [-0.15, -0.1) is 11.6 Å². The molecule has 6 heteroatoms. The third kappa shape index (κ3) is 4.48. The van der Waals surface area contributed by atoms with Crippen LogP contribution in [0.2, 0.25) is 0 Å². The van der Waals surface area contributed by atoms with E-state index in [1.54, 1.807) is 12.1 Å². The lowest BCUT2D eigenvalue weighted by atomic mass is 10.2. The van der Waals surface area contributed by atoms with Crippen LogP contribution in [-0.4, -0.2) is 27.4 Å². The van der Waals surface area contributed by atoms with Gasteiger partial charge < -0.3 is 4.74 Å². The number of hydrogen-bond donors (Lipinski definition) is 1. The Bertz CT molecular complexity index is 459. The standard InChI is InChI=1S/C12H18ClNO3S/c1-10(4-3-9-13)14-18(15,16)12-7-5-11(17-2)6-8-12/h5-8,10,14H,3-4,9H2,1-2H3. The fraction of sp³-hybridized carbons (Fsp3) is 0.500. The smallest absolute Gasteiger partial charge is 0.240 e. The highest BCUT2D eigenvalue weighted by atomic mass is 35.5. The molecule has 0 aliphatic carbocycles. The summed E-state index contributed by atoms with van der Waals surface area (Å²) in [5, 5.41) is 0. The molecule has 1 atom stereocenters. The fourth-order valence-electron chi connectivity index (χ4n) is 1.53. The fourth-order valence-corrected chi connectivity index (χ4v) is 2.96. The van der Waals surface area contributed by atoms with Crippen molar-refractivity contribution in [3.8, 4) is 5.75 Å². The van der Waals surface area contributed by atoms with E-state index in [9.17, 15) is 8.42 Å². The molecule has 1 unspecified atom stereocenters. The first-order valence-electron chi connectivity index (χ1n) is 5.72. The first-order valence-corrected chi connectivity index (χ1v) is 7.73. The van der Waals surface area contributed by atoms with Gasteiger partial charge in [-0.1, -0.05) is 0 Å². The van der Waals surface area contributed by atoms with Crippen LogP contribution in [0.15, 0.2) is 29.2 Å². The number of ether oxygens (including phenoxy) is 1. The summed E-state index contributed by atoms with van der Waals surface area (Å²) in [6, 6.07) is 6.16. The number of rotatable bonds is 7. The van der Waals surface area contributed by atoms with E-state index in [4.69, 9.17) is 16.3 Å². The number of sulfonamides is 1. The third-order valence-corrected chi connectivity index (χ3v) is 4.37. The molecule has 0 radical (unpaired) electrons. The van der Waals surface area contributed by atoms with Gasteiger partial charge in [0.05, 0.1) is 12.0 Å². The van der Waals surface area contributed by atoms with Crippen molar-refractivity contribution >= 4 is 21.6 Å². The second kappa shape index (κ2) is 6.97. The molecule has 0 bridgehead atoms. The van der Waals surface area contributed by atoms with Gasteiger partial charge in [-0.3, -0.25) is 0 Å². The van der Waals surface area contributed by atoms with Crippen molar-refractivity contribution in [3.05, 3.63) is 24.3 Å². The minimum atomic E-state index is -3.46. The zero-order valence-corrected chi connectivity index (χ0v) is 12.1. The molecule has 1 rings (SSSR count). The van der Waals surface area contributed by atoms with Crippen LogP contribution in [0, 0.1) is 0 Å². The van der Waals surface area contributed by atoms with Gasteiger partial charge in [-0.25, -0.2) is 13.1 Å². The zero-order valence-electron chi connectivity index (χ0n) is 10.5. The molecule has 1 aromatic rings. The summed E-state index contributed by atoms with van der Waals surface area (Å²) in [5.41, 5.74) is 0. The van der Waals surface area contributed by atoms with Crippen LogP contribution in [0.1, 0.15) is 19.8 Å². The van der Waals surface area contributed by atoms with Gasteiger partial charge in [0.15, 0.2) is 0 Å². The average molecular weight is 292 g/mol. The van der Waals surface area contributed by atoms with Gasteiger partial charge in [0.2, 0.25) is 10.0 Å². The van der Waals surface area contributed by atoms with Crippen LogP contribution in [0.5, 0.6) is 5.75 Å². The van der Waals surface area contributed by atoms with Crippen molar-refractivity contribution < 1.29 is 13.2 Å². The molecule has 0 spiro atoms. The number of benzene rings is 1. The molecule has 0 aliphatic rings. The summed E-state index contributed by atoms with van der Waals surface area (Å²) >= 11 is 5.58. The molecule has 1 N–H and O–H groups in total. The molecular formula is C12H18ClNO3S. The molecule has 0 fully saturated rings. The van der Waals surface area contributed by atoms with Gasteiger partial charge in [-0.05, 0) is 44.0 Å². The Balaban J connectivity index is 2.73. The third-order valence-electron chi connectivity index (χ3n) is 2.50. The Kier molecular flexibility index (Phi) is 5.91. The van der Waals surface area contributed by atoms with Crippen molar-refractivity contribution in [2.45, 2.75) is 30.7 Å². The van der Waals surface area contributed by atoms with Crippen molar-refractivity contribution in [1.29, 1.82) is 0 Å². The summed E-state index contributed by atoms with van der Waals surface area (Å²) in [7, 11) is -1.93. The van der Waals surface area contributed by atoms with E-state index in [0.717, 1.165) is 12.8 Å². The van der Waals surface area contributed by atoms with E-state index < -0.39 is 10.0 Å². The van der Waals surface area contributed by atoms with Crippen molar-refractivity contribution in [2.24, 2.45) is 0 Å². The van der Waals surface area contributed by atoms with Gasteiger partial charge in [0.1, 0.15) is 5.75 Å². The quantitative estimate of drug-likeness (QED) is 0.785. The SMILES string of the molecule is COc1ccc(S(=O)(=O)NC(C)CCCCl)cc1. The monoisotopic (exact) mass is 291 g/mol. The summed E-state index contributed by atoms with van der Waals surface area (Å²) in [4.78, 5) is 0.237. The van der Waals surface area contributed by atoms with Crippen LogP contribution < -0.4 is 9.46 Å². The molecule has 0 saturated heterocycles. The molecule has 1 aromatic carbocycles. The second-order valence-corrected chi connectivity index (χ2v) is 6.12. The Morgan fingerprint density at radius 3 is 2.44 bits per heavy atom. The number of hydrogen-bond acceptors (Lipinski definition) is 3. The number of halogens is 1. The molecule has 0 heterocycles. The largest absolute Gasteiger partial charge is 0.497 e. The van der Waals surface area contributed by atoms with E-state index in [1.165, 1.54) is 19.2 Å². The van der Waals surface area contributed by atoms with Crippen LogP contribution >= 0.6 is 11.6 Å². The summed E-state index contributed by atoms with van der Waals surface area (Å²) in [6.07, 6.45) is 1.51. The number of methoxy groups -OCH3 is 1. The topological polar surface area (TPSA) is 55.4 Å². The molecular weight excluding hydrogens is 274 g/mol. The molecule has 0 aromatic heterocycles. The Morgan fingerprint density at radius 1 is 1.33 bits per heavy atom. The maximum atomic E-state index is 12.0. The van der Waals surface area contributed by atoms with Crippen LogP contribution in [0.4, 0.5) is 0 Å². The Labute approximate surface area is 113 Å². The molecule has 4 nitrogen and oxygen atoms in total. The number of nitrogens with one attached hydrogen (secondary N) is 1. The highest BCUT2D eigenvalue weighted by Gasteiger charge is 2.16. The first-order chi connectivity index (χ1) is 8.49. The molecule has 102 valence electrons. The minimum absolute atomic E-state index is 0.129. The lowest BCUT2D eigenvalue weighted by Crippen LogP contribution is -2.32. The van der Waals surface area contributed by atoms with E-state index in [1.807, 2.05) is 6.92 Å². The Hall–Kier alpha value is -0.780. The van der Waals surface area contributed by atoms with E-state index >= 15 is 0 Å². The summed E-state index contributed by atoms with van der Waals surface area (Å²) in [5.74, 6) is 1.17. The number of alkyl halides is 1. The highest BCUT2D eigenvalue weighted by Crippen LogP contribution is 2.16. The van der Waals surface area contributed by atoms with Gasteiger partial charge in [-0.2, -0.15) is 0 Å². The minimum Gasteiger partial charge on any atom is -0.497 e. The molecule has 0 aliphatic heterocycles. The van der Waals surface area contributed by atoms with Crippen LogP contribution in [0.3, 0.4) is 0 Å². The average Bonchev–Trinajstić information content (AvgIpc) is 2.36. The summed E-state index contributed by atoms with van der Waals surface area (Å²) in [6.45, 7) is 1.83. The predicted molar refractivity (Wildman–Crippen MR) is 72.7 cm³/mol. The van der Waals surface area contributed by atoms with E-state index in [0.29, 0.717) is 11.6 Å².